The van der Waals surface area contributed by atoms with Crippen molar-refractivity contribution in [3.8, 4) is 0 Å². The number of carbonyl (C=O) groups is 1. The Labute approximate surface area is 116 Å². The Balaban J connectivity index is 3.37. The van der Waals surface area contributed by atoms with Crippen LogP contribution in [0.5, 0.6) is 0 Å². The Morgan fingerprint density at radius 2 is 2.00 bits per heavy atom. The van der Waals surface area contributed by atoms with Crippen LogP contribution in [0.25, 0.3) is 0 Å². The number of nitro benzene ring substituents is 1. The second-order valence-electron chi connectivity index (χ2n) is 5.37. The van der Waals surface area contributed by atoms with E-state index < -0.39 is 16.5 Å². The summed E-state index contributed by atoms with van der Waals surface area (Å²) in [6, 6.07) is 2.41. The monoisotopic (exact) mass is 282 g/mol. The highest BCUT2D eigenvalue weighted by Gasteiger charge is 2.23. The number of benzene rings is 1. The van der Waals surface area contributed by atoms with E-state index in [9.17, 15) is 20.0 Å². The first-order valence-electron chi connectivity index (χ1n) is 5.99. The van der Waals surface area contributed by atoms with Crippen molar-refractivity contribution < 1.29 is 19.9 Å². The van der Waals surface area contributed by atoms with Gasteiger partial charge in [-0.05, 0) is 26.8 Å². The minimum absolute atomic E-state index is 0.153. The van der Waals surface area contributed by atoms with Crippen molar-refractivity contribution in [2.75, 3.05) is 18.5 Å². The first-order valence-corrected chi connectivity index (χ1v) is 5.99. The third-order valence-corrected chi connectivity index (χ3v) is 2.83. The standard InChI is InChI=1S/C13H18N2O5/c1-8-10(14(4)7-13(2,3)18)5-9(12(16)17)6-11(8)15(19)20/h5-6,18H,7H2,1-4H3,(H,16,17). The Kier molecular flexibility index (Phi) is 4.34. The first-order chi connectivity index (χ1) is 9.03. The second-order valence-corrected chi connectivity index (χ2v) is 5.37. The summed E-state index contributed by atoms with van der Waals surface area (Å²) in [5.74, 6) is -1.23. The van der Waals surface area contributed by atoms with Crippen LogP contribution >= 0.6 is 0 Å². The summed E-state index contributed by atoms with van der Waals surface area (Å²) in [6.45, 7) is 4.98. The average Bonchev–Trinajstić information content (AvgIpc) is 2.25. The molecular weight excluding hydrogens is 264 g/mol. The number of nitrogens with zero attached hydrogens (tertiary/aromatic N) is 2. The lowest BCUT2D eigenvalue weighted by Crippen LogP contribution is -2.36. The maximum absolute atomic E-state index is 11.1. The van der Waals surface area contributed by atoms with Gasteiger partial charge >= 0.3 is 5.97 Å². The van der Waals surface area contributed by atoms with E-state index in [0.717, 1.165) is 6.07 Å². The highest BCUT2D eigenvalue weighted by molar-refractivity contribution is 5.90. The van der Waals surface area contributed by atoms with Gasteiger partial charge < -0.3 is 15.1 Å². The van der Waals surface area contributed by atoms with Gasteiger partial charge in [0.05, 0.1) is 21.7 Å². The van der Waals surface area contributed by atoms with E-state index in [0.29, 0.717) is 11.3 Å². The van der Waals surface area contributed by atoms with Crippen molar-refractivity contribution in [1.82, 2.24) is 0 Å². The summed E-state index contributed by atoms with van der Waals surface area (Å²) in [7, 11) is 1.65. The van der Waals surface area contributed by atoms with Gasteiger partial charge in [0.2, 0.25) is 0 Å². The SMILES string of the molecule is Cc1c(N(C)CC(C)(C)O)cc(C(=O)O)cc1[N+](=O)[O-]. The van der Waals surface area contributed by atoms with Crippen molar-refractivity contribution in [1.29, 1.82) is 0 Å². The zero-order valence-corrected chi connectivity index (χ0v) is 11.9. The molecule has 0 aliphatic carbocycles. The fourth-order valence-corrected chi connectivity index (χ4v) is 2.06. The zero-order valence-electron chi connectivity index (χ0n) is 11.9. The van der Waals surface area contributed by atoms with Crippen LogP contribution in [0.1, 0.15) is 29.8 Å². The van der Waals surface area contributed by atoms with Crippen LogP contribution in [-0.2, 0) is 0 Å². The van der Waals surface area contributed by atoms with E-state index in [4.69, 9.17) is 5.11 Å². The number of anilines is 1. The number of aliphatic hydroxyl groups is 1. The number of hydrogen-bond acceptors (Lipinski definition) is 5. The van der Waals surface area contributed by atoms with Crippen LogP contribution < -0.4 is 4.90 Å². The van der Waals surface area contributed by atoms with Crippen LogP contribution in [0.3, 0.4) is 0 Å². The minimum Gasteiger partial charge on any atom is -0.478 e. The van der Waals surface area contributed by atoms with Gasteiger partial charge in [0.15, 0.2) is 0 Å². The van der Waals surface area contributed by atoms with Crippen LogP contribution in [0.15, 0.2) is 12.1 Å². The Hall–Kier alpha value is -2.15. The van der Waals surface area contributed by atoms with Gasteiger partial charge in [-0.25, -0.2) is 4.79 Å². The lowest BCUT2D eigenvalue weighted by Gasteiger charge is -2.28. The molecule has 0 atom stereocenters. The van der Waals surface area contributed by atoms with Gasteiger partial charge in [-0.15, -0.1) is 0 Å². The molecule has 0 saturated carbocycles. The summed E-state index contributed by atoms with van der Waals surface area (Å²) in [4.78, 5) is 23.1. The van der Waals surface area contributed by atoms with Gasteiger partial charge in [-0.1, -0.05) is 0 Å². The molecule has 0 radical (unpaired) electrons. The molecule has 7 heteroatoms. The van der Waals surface area contributed by atoms with Gasteiger partial charge in [-0.2, -0.15) is 0 Å². The summed E-state index contributed by atoms with van der Waals surface area (Å²) >= 11 is 0. The van der Waals surface area contributed by atoms with Crippen molar-refractivity contribution in [3.63, 3.8) is 0 Å². The first kappa shape index (κ1) is 15.9. The fourth-order valence-electron chi connectivity index (χ4n) is 2.06. The van der Waals surface area contributed by atoms with E-state index in [1.807, 2.05) is 0 Å². The number of rotatable bonds is 5. The van der Waals surface area contributed by atoms with Crippen LogP contribution in [0.2, 0.25) is 0 Å². The maximum Gasteiger partial charge on any atom is 0.336 e. The van der Waals surface area contributed by atoms with E-state index in [2.05, 4.69) is 0 Å². The van der Waals surface area contributed by atoms with Gasteiger partial charge in [0.25, 0.3) is 5.69 Å². The summed E-state index contributed by atoms with van der Waals surface area (Å²) in [5.41, 5.74) is -0.622. The molecule has 0 bridgehead atoms. The van der Waals surface area contributed by atoms with E-state index in [-0.39, 0.29) is 17.8 Å². The van der Waals surface area contributed by atoms with Crippen molar-refractivity contribution in [3.05, 3.63) is 33.4 Å². The molecule has 0 aliphatic heterocycles. The number of nitro groups is 1. The molecule has 0 spiro atoms. The average molecular weight is 282 g/mol. The van der Waals surface area contributed by atoms with E-state index in [1.54, 1.807) is 32.7 Å². The lowest BCUT2D eigenvalue weighted by molar-refractivity contribution is -0.385. The molecule has 7 nitrogen and oxygen atoms in total. The maximum atomic E-state index is 11.1. The van der Waals surface area contributed by atoms with Crippen LogP contribution in [0.4, 0.5) is 11.4 Å². The largest absolute Gasteiger partial charge is 0.478 e. The predicted octanol–water partition coefficient (Wildman–Crippen LogP) is 1.81. The van der Waals surface area contributed by atoms with E-state index in [1.165, 1.54) is 6.07 Å². The highest BCUT2D eigenvalue weighted by Crippen LogP contribution is 2.30. The minimum atomic E-state index is -1.23. The quantitative estimate of drug-likeness (QED) is 0.630. The zero-order chi connectivity index (χ0) is 15.7. The predicted molar refractivity (Wildman–Crippen MR) is 74.4 cm³/mol. The molecule has 0 saturated heterocycles. The summed E-state index contributed by atoms with van der Waals surface area (Å²) in [6.07, 6.45) is 0. The molecular formula is C13H18N2O5. The van der Waals surface area contributed by atoms with Gasteiger partial charge in [0.1, 0.15) is 0 Å². The molecule has 0 fully saturated rings. The third-order valence-electron chi connectivity index (χ3n) is 2.83. The van der Waals surface area contributed by atoms with E-state index >= 15 is 0 Å². The highest BCUT2D eigenvalue weighted by atomic mass is 16.6. The molecule has 0 aromatic heterocycles. The molecule has 110 valence electrons. The molecule has 1 aromatic carbocycles. The van der Waals surface area contributed by atoms with Crippen molar-refractivity contribution in [2.45, 2.75) is 26.4 Å². The fraction of sp³-hybridized carbons (Fsp3) is 0.462. The van der Waals surface area contributed by atoms with Crippen molar-refractivity contribution in [2.24, 2.45) is 0 Å². The molecule has 20 heavy (non-hydrogen) atoms. The van der Waals surface area contributed by atoms with Gasteiger partial charge in [0, 0.05) is 25.3 Å². The Morgan fingerprint density at radius 1 is 1.45 bits per heavy atom. The molecule has 0 aliphatic rings. The molecule has 2 N–H and O–H groups in total. The summed E-state index contributed by atoms with van der Waals surface area (Å²) < 4.78 is 0. The molecule has 1 rings (SSSR count). The van der Waals surface area contributed by atoms with Crippen LogP contribution in [0, 0.1) is 17.0 Å². The number of carboxylic acid groups (broad SMARTS) is 1. The van der Waals surface area contributed by atoms with Gasteiger partial charge in [-0.3, -0.25) is 10.1 Å². The number of aromatic carboxylic acids is 1. The lowest BCUT2D eigenvalue weighted by atomic mass is 10.0. The number of likely N-dealkylation sites (N-methyl/N-ethyl adjacent to an activating group) is 1. The molecule has 0 amide bonds. The third kappa shape index (κ3) is 3.67. The molecule has 1 aromatic rings. The Bertz CT molecular complexity index is 548. The summed E-state index contributed by atoms with van der Waals surface area (Å²) in [5, 5.41) is 29.8. The molecule has 0 unspecified atom stereocenters. The molecule has 0 heterocycles. The van der Waals surface area contributed by atoms with Crippen molar-refractivity contribution >= 4 is 17.3 Å². The second kappa shape index (κ2) is 5.46. The van der Waals surface area contributed by atoms with Crippen LogP contribution in [-0.4, -0.2) is 40.3 Å². The Morgan fingerprint density at radius 3 is 2.40 bits per heavy atom. The normalized spacial score (nSPS) is 11.2. The number of hydrogen-bond donors (Lipinski definition) is 2. The number of carboxylic acids is 1. The topological polar surface area (TPSA) is 104 Å². The smallest absolute Gasteiger partial charge is 0.336 e.